The van der Waals surface area contributed by atoms with Crippen molar-refractivity contribution in [1.29, 1.82) is 0 Å². The number of hydrogen-bond donors (Lipinski definition) is 1. The largest absolute Gasteiger partial charge is 0.380 e. The molecule has 1 rings (SSSR count). The minimum Gasteiger partial charge on any atom is -0.380 e. The molecule has 1 aromatic carbocycles. The van der Waals surface area contributed by atoms with E-state index in [1.54, 1.807) is 0 Å². The molecule has 0 fully saturated rings. The molecule has 0 aromatic heterocycles. The molecule has 1 N–H and O–H groups in total. The number of aryl methyl sites for hydroxylation is 1. The first-order valence-electron chi connectivity index (χ1n) is 6.04. The van der Waals surface area contributed by atoms with Crippen LogP contribution in [0.1, 0.15) is 44.2 Å². The maximum Gasteiger partial charge on any atom is 0.114 e. The highest BCUT2D eigenvalue weighted by Gasteiger charge is 1.94. The van der Waals surface area contributed by atoms with Gasteiger partial charge < -0.3 is 5.11 Å². The second-order valence-corrected chi connectivity index (χ2v) is 3.99. The Bertz CT molecular complexity index is 353. The van der Waals surface area contributed by atoms with Gasteiger partial charge in [0.25, 0.3) is 0 Å². The van der Waals surface area contributed by atoms with Gasteiger partial charge in [0.15, 0.2) is 0 Å². The van der Waals surface area contributed by atoms with Gasteiger partial charge in [0.1, 0.15) is 6.10 Å². The molecule has 0 saturated carbocycles. The van der Waals surface area contributed by atoms with Crippen LogP contribution in [0.5, 0.6) is 0 Å². The lowest BCUT2D eigenvalue weighted by Crippen LogP contribution is -1.98. The van der Waals surface area contributed by atoms with Crippen molar-refractivity contribution < 1.29 is 5.11 Å². The smallest absolute Gasteiger partial charge is 0.114 e. The number of aliphatic hydroxyl groups excluding tert-OH is 1. The number of hydrogen-bond acceptors (Lipinski definition) is 1. The van der Waals surface area contributed by atoms with E-state index in [0.29, 0.717) is 6.42 Å². The van der Waals surface area contributed by atoms with Crippen molar-refractivity contribution in [3.63, 3.8) is 0 Å². The molecule has 0 aliphatic rings. The maximum atomic E-state index is 9.32. The summed E-state index contributed by atoms with van der Waals surface area (Å²) in [7, 11) is 0. The summed E-state index contributed by atoms with van der Waals surface area (Å²) in [5.74, 6) is 5.80. The van der Waals surface area contributed by atoms with Crippen LogP contribution in [0.3, 0.4) is 0 Å². The van der Waals surface area contributed by atoms with E-state index in [2.05, 4.69) is 30.9 Å². The number of unbranched alkanes of at least 4 members (excludes halogenated alkanes) is 1. The molecule has 0 heterocycles. The molecule has 86 valence electrons. The number of benzene rings is 1. The Morgan fingerprint density at radius 2 is 1.88 bits per heavy atom. The van der Waals surface area contributed by atoms with Gasteiger partial charge in [-0.1, -0.05) is 44.2 Å². The van der Waals surface area contributed by atoms with E-state index in [1.807, 2.05) is 19.1 Å². The molecule has 1 unspecified atom stereocenters. The Hall–Kier alpha value is -1.26. The Morgan fingerprint density at radius 1 is 1.19 bits per heavy atom. The summed E-state index contributed by atoms with van der Waals surface area (Å²) in [6.45, 7) is 4.12. The molecular weight excluding hydrogens is 196 g/mol. The first-order valence-corrected chi connectivity index (χ1v) is 6.04. The summed E-state index contributed by atoms with van der Waals surface area (Å²) < 4.78 is 0. The molecule has 16 heavy (non-hydrogen) atoms. The molecule has 1 atom stereocenters. The third-order valence-electron chi connectivity index (χ3n) is 2.54. The topological polar surface area (TPSA) is 20.2 Å². The Labute approximate surface area is 98.5 Å². The summed E-state index contributed by atoms with van der Waals surface area (Å²) in [5, 5.41) is 9.32. The van der Waals surface area contributed by atoms with Crippen LogP contribution in [0, 0.1) is 11.8 Å². The van der Waals surface area contributed by atoms with Gasteiger partial charge in [-0.05, 0) is 37.0 Å². The monoisotopic (exact) mass is 216 g/mol. The first kappa shape index (κ1) is 12.8. The van der Waals surface area contributed by atoms with Crippen LogP contribution < -0.4 is 0 Å². The van der Waals surface area contributed by atoms with Crippen LogP contribution in [0.15, 0.2) is 24.3 Å². The van der Waals surface area contributed by atoms with Crippen LogP contribution >= 0.6 is 0 Å². The van der Waals surface area contributed by atoms with Gasteiger partial charge in [0, 0.05) is 5.56 Å². The average molecular weight is 216 g/mol. The van der Waals surface area contributed by atoms with Crippen molar-refractivity contribution in [3.8, 4) is 11.8 Å². The van der Waals surface area contributed by atoms with E-state index < -0.39 is 6.10 Å². The third-order valence-corrected chi connectivity index (χ3v) is 2.54. The zero-order valence-electron chi connectivity index (χ0n) is 10.2. The van der Waals surface area contributed by atoms with Crippen LogP contribution in [0.4, 0.5) is 0 Å². The molecule has 0 aliphatic carbocycles. The lowest BCUT2D eigenvalue weighted by Gasteiger charge is -1.99. The van der Waals surface area contributed by atoms with E-state index in [9.17, 15) is 5.11 Å². The van der Waals surface area contributed by atoms with E-state index in [1.165, 1.54) is 18.4 Å². The molecule has 0 bridgehead atoms. The standard InChI is InChI=1S/C15H20O/c1-3-5-6-13-7-9-14(10-8-13)11-12-15(16)4-2/h7-10,15-16H,3-6H2,1-2H3. The van der Waals surface area contributed by atoms with E-state index >= 15 is 0 Å². The Morgan fingerprint density at radius 3 is 2.44 bits per heavy atom. The van der Waals surface area contributed by atoms with Gasteiger partial charge in [-0.3, -0.25) is 0 Å². The summed E-state index contributed by atoms with van der Waals surface area (Å²) in [6.07, 6.45) is 3.78. The van der Waals surface area contributed by atoms with E-state index in [4.69, 9.17) is 0 Å². The Balaban J connectivity index is 2.59. The quantitative estimate of drug-likeness (QED) is 0.767. The van der Waals surface area contributed by atoms with Crippen molar-refractivity contribution in [2.75, 3.05) is 0 Å². The number of aliphatic hydroxyl groups is 1. The normalized spacial score (nSPS) is 11.7. The SMILES string of the molecule is CCCCc1ccc(C#CC(O)CC)cc1. The second-order valence-electron chi connectivity index (χ2n) is 3.99. The van der Waals surface area contributed by atoms with Gasteiger partial charge in [-0.2, -0.15) is 0 Å². The molecule has 0 saturated heterocycles. The Kier molecular flexibility index (Phi) is 5.67. The predicted octanol–water partition coefficient (Wildman–Crippen LogP) is 3.15. The summed E-state index contributed by atoms with van der Waals surface area (Å²) in [6, 6.07) is 8.30. The molecule has 1 aromatic rings. The van der Waals surface area contributed by atoms with Gasteiger partial charge in [-0.25, -0.2) is 0 Å². The van der Waals surface area contributed by atoms with Crippen LogP contribution in [0.25, 0.3) is 0 Å². The van der Waals surface area contributed by atoms with Crippen LogP contribution in [0.2, 0.25) is 0 Å². The highest BCUT2D eigenvalue weighted by Crippen LogP contribution is 2.07. The maximum absolute atomic E-state index is 9.32. The minimum absolute atomic E-state index is 0.500. The van der Waals surface area contributed by atoms with Crippen molar-refractivity contribution >= 4 is 0 Å². The average Bonchev–Trinajstić information content (AvgIpc) is 2.34. The van der Waals surface area contributed by atoms with Crippen molar-refractivity contribution in [2.45, 2.75) is 45.6 Å². The van der Waals surface area contributed by atoms with Crippen molar-refractivity contribution in [2.24, 2.45) is 0 Å². The van der Waals surface area contributed by atoms with Crippen LogP contribution in [-0.4, -0.2) is 11.2 Å². The van der Waals surface area contributed by atoms with E-state index in [0.717, 1.165) is 12.0 Å². The van der Waals surface area contributed by atoms with Gasteiger partial charge >= 0.3 is 0 Å². The summed E-state index contributed by atoms with van der Waals surface area (Å²) in [5.41, 5.74) is 2.34. The molecular formula is C15H20O. The van der Waals surface area contributed by atoms with Crippen molar-refractivity contribution in [3.05, 3.63) is 35.4 Å². The fourth-order valence-corrected chi connectivity index (χ4v) is 1.40. The lowest BCUT2D eigenvalue weighted by atomic mass is 10.1. The van der Waals surface area contributed by atoms with Crippen LogP contribution in [-0.2, 0) is 6.42 Å². The molecule has 0 spiro atoms. The van der Waals surface area contributed by atoms with Crippen molar-refractivity contribution in [1.82, 2.24) is 0 Å². The third kappa shape index (κ3) is 4.51. The molecule has 1 nitrogen and oxygen atoms in total. The first-order chi connectivity index (χ1) is 7.76. The number of rotatable bonds is 4. The zero-order chi connectivity index (χ0) is 11.8. The fourth-order valence-electron chi connectivity index (χ4n) is 1.40. The van der Waals surface area contributed by atoms with E-state index in [-0.39, 0.29) is 0 Å². The zero-order valence-corrected chi connectivity index (χ0v) is 10.2. The predicted molar refractivity (Wildman–Crippen MR) is 68.2 cm³/mol. The lowest BCUT2D eigenvalue weighted by molar-refractivity contribution is 0.228. The molecule has 0 amide bonds. The van der Waals surface area contributed by atoms with Gasteiger partial charge in [-0.15, -0.1) is 0 Å². The molecule has 1 heteroatoms. The van der Waals surface area contributed by atoms with Gasteiger partial charge in [0.05, 0.1) is 0 Å². The molecule has 0 radical (unpaired) electrons. The van der Waals surface area contributed by atoms with Gasteiger partial charge in [0.2, 0.25) is 0 Å². The fraction of sp³-hybridized carbons (Fsp3) is 0.467. The summed E-state index contributed by atoms with van der Waals surface area (Å²) in [4.78, 5) is 0. The molecule has 0 aliphatic heterocycles. The highest BCUT2D eigenvalue weighted by atomic mass is 16.3. The minimum atomic E-state index is -0.500. The second kappa shape index (κ2) is 7.09. The highest BCUT2D eigenvalue weighted by molar-refractivity contribution is 5.36. The summed E-state index contributed by atoms with van der Waals surface area (Å²) >= 11 is 0.